The molecule has 5 heteroatoms. The van der Waals surface area contributed by atoms with Gasteiger partial charge in [-0.05, 0) is 36.6 Å². The van der Waals surface area contributed by atoms with E-state index in [0.717, 1.165) is 25.1 Å². The molecular weight excluding hydrogens is 244 g/mol. The standard InChI is InChI=1S/C14H18N2O3/c17-12-3-1-2-10(6-12)8-16-13(9-19-14(16)18)11-4-5-15-7-11/h1-3,6,11,13,15,17H,4-5,7-9H2. The Morgan fingerprint density at radius 1 is 1.47 bits per heavy atom. The number of ether oxygens (including phenoxy) is 1. The van der Waals surface area contributed by atoms with Gasteiger partial charge in [0.1, 0.15) is 12.4 Å². The maximum atomic E-state index is 11.9. The fourth-order valence-electron chi connectivity index (χ4n) is 2.89. The molecule has 0 spiro atoms. The van der Waals surface area contributed by atoms with E-state index in [9.17, 15) is 9.90 Å². The number of cyclic esters (lactones) is 1. The molecule has 3 rings (SSSR count). The molecule has 0 aliphatic carbocycles. The smallest absolute Gasteiger partial charge is 0.410 e. The molecule has 2 heterocycles. The average molecular weight is 262 g/mol. The van der Waals surface area contributed by atoms with E-state index >= 15 is 0 Å². The first-order chi connectivity index (χ1) is 9.24. The third kappa shape index (κ3) is 2.51. The highest BCUT2D eigenvalue weighted by molar-refractivity contribution is 5.70. The summed E-state index contributed by atoms with van der Waals surface area (Å²) in [5.41, 5.74) is 0.926. The number of phenols is 1. The summed E-state index contributed by atoms with van der Waals surface area (Å²) in [6.45, 7) is 2.92. The van der Waals surface area contributed by atoms with E-state index in [2.05, 4.69) is 5.32 Å². The molecule has 0 aromatic heterocycles. The van der Waals surface area contributed by atoms with Crippen molar-refractivity contribution >= 4 is 6.09 Å². The van der Waals surface area contributed by atoms with Crippen molar-refractivity contribution in [1.29, 1.82) is 0 Å². The van der Waals surface area contributed by atoms with Gasteiger partial charge in [0.25, 0.3) is 0 Å². The Hall–Kier alpha value is -1.75. The minimum Gasteiger partial charge on any atom is -0.508 e. The van der Waals surface area contributed by atoms with Gasteiger partial charge < -0.3 is 15.2 Å². The van der Waals surface area contributed by atoms with Crippen molar-refractivity contribution in [3.05, 3.63) is 29.8 Å². The van der Waals surface area contributed by atoms with Crippen molar-refractivity contribution in [2.24, 2.45) is 5.92 Å². The van der Waals surface area contributed by atoms with Crippen LogP contribution in [0.3, 0.4) is 0 Å². The minimum absolute atomic E-state index is 0.143. The molecule has 2 fully saturated rings. The number of amides is 1. The molecule has 1 aromatic carbocycles. The number of carbonyl (C=O) groups is 1. The fraction of sp³-hybridized carbons (Fsp3) is 0.500. The molecule has 2 unspecified atom stereocenters. The molecule has 2 saturated heterocycles. The number of nitrogens with zero attached hydrogens (tertiary/aromatic N) is 1. The van der Waals surface area contributed by atoms with Gasteiger partial charge in [-0.3, -0.25) is 4.90 Å². The Morgan fingerprint density at radius 3 is 3.11 bits per heavy atom. The molecule has 1 amide bonds. The summed E-state index contributed by atoms with van der Waals surface area (Å²) in [7, 11) is 0. The third-order valence-corrected chi connectivity index (χ3v) is 3.92. The van der Waals surface area contributed by atoms with E-state index in [0.29, 0.717) is 19.1 Å². The highest BCUT2D eigenvalue weighted by Gasteiger charge is 2.39. The number of hydrogen-bond acceptors (Lipinski definition) is 4. The second-order valence-corrected chi connectivity index (χ2v) is 5.19. The molecule has 102 valence electrons. The molecule has 2 aliphatic heterocycles. The lowest BCUT2D eigenvalue weighted by molar-refractivity contribution is 0.154. The molecule has 2 atom stereocenters. The summed E-state index contributed by atoms with van der Waals surface area (Å²) < 4.78 is 5.19. The first-order valence-corrected chi connectivity index (χ1v) is 6.66. The highest BCUT2D eigenvalue weighted by Crippen LogP contribution is 2.26. The number of phenolic OH excluding ortho intramolecular Hbond substituents is 1. The largest absolute Gasteiger partial charge is 0.508 e. The second-order valence-electron chi connectivity index (χ2n) is 5.19. The van der Waals surface area contributed by atoms with Crippen LogP contribution in [0.25, 0.3) is 0 Å². The lowest BCUT2D eigenvalue weighted by Gasteiger charge is -2.25. The predicted octanol–water partition coefficient (Wildman–Crippen LogP) is 1.32. The third-order valence-electron chi connectivity index (χ3n) is 3.92. The topological polar surface area (TPSA) is 61.8 Å². The Balaban J connectivity index is 1.75. The Morgan fingerprint density at radius 2 is 2.37 bits per heavy atom. The van der Waals surface area contributed by atoms with Gasteiger partial charge in [-0.2, -0.15) is 0 Å². The zero-order chi connectivity index (χ0) is 13.2. The first-order valence-electron chi connectivity index (χ1n) is 6.66. The molecule has 2 aliphatic rings. The summed E-state index contributed by atoms with van der Waals surface area (Å²) in [5.74, 6) is 0.688. The predicted molar refractivity (Wildman–Crippen MR) is 69.8 cm³/mol. The van der Waals surface area contributed by atoms with Gasteiger partial charge in [-0.1, -0.05) is 12.1 Å². The van der Waals surface area contributed by atoms with Gasteiger partial charge in [0.05, 0.1) is 6.04 Å². The quantitative estimate of drug-likeness (QED) is 0.862. The number of carbonyl (C=O) groups excluding carboxylic acids is 1. The van der Waals surface area contributed by atoms with Crippen LogP contribution in [0.2, 0.25) is 0 Å². The van der Waals surface area contributed by atoms with E-state index in [1.807, 2.05) is 6.07 Å². The summed E-state index contributed by atoms with van der Waals surface area (Å²) >= 11 is 0. The number of hydrogen-bond donors (Lipinski definition) is 2. The monoisotopic (exact) mass is 262 g/mol. The summed E-state index contributed by atoms with van der Waals surface area (Å²) in [6, 6.07) is 7.16. The van der Waals surface area contributed by atoms with E-state index in [4.69, 9.17) is 4.74 Å². The van der Waals surface area contributed by atoms with Crippen molar-refractivity contribution in [2.45, 2.75) is 19.0 Å². The van der Waals surface area contributed by atoms with Crippen LogP contribution in [0.15, 0.2) is 24.3 Å². The van der Waals surface area contributed by atoms with Crippen LogP contribution in [0.1, 0.15) is 12.0 Å². The van der Waals surface area contributed by atoms with Gasteiger partial charge in [-0.25, -0.2) is 4.79 Å². The van der Waals surface area contributed by atoms with Crippen LogP contribution in [-0.4, -0.2) is 41.8 Å². The van der Waals surface area contributed by atoms with E-state index in [-0.39, 0.29) is 17.9 Å². The van der Waals surface area contributed by atoms with Crippen molar-refractivity contribution in [3.63, 3.8) is 0 Å². The van der Waals surface area contributed by atoms with Crippen molar-refractivity contribution in [2.75, 3.05) is 19.7 Å². The summed E-state index contributed by atoms with van der Waals surface area (Å²) in [5, 5.41) is 12.8. The molecule has 0 bridgehead atoms. The van der Waals surface area contributed by atoms with Crippen molar-refractivity contribution in [1.82, 2.24) is 10.2 Å². The van der Waals surface area contributed by atoms with Crippen LogP contribution in [0, 0.1) is 5.92 Å². The van der Waals surface area contributed by atoms with Gasteiger partial charge in [0.15, 0.2) is 0 Å². The van der Waals surface area contributed by atoms with E-state index in [1.54, 1.807) is 23.1 Å². The molecule has 5 nitrogen and oxygen atoms in total. The molecule has 2 N–H and O–H groups in total. The maximum absolute atomic E-state index is 11.9. The number of aromatic hydroxyl groups is 1. The zero-order valence-electron chi connectivity index (χ0n) is 10.7. The van der Waals surface area contributed by atoms with Gasteiger partial charge in [0, 0.05) is 13.1 Å². The lowest BCUT2D eigenvalue weighted by atomic mass is 9.98. The molecular formula is C14H18N2O3. The average Bonchev–Trinajstić information content (AvgIpc) is 3.01. The fourth-order valence-corrected chi connectivity index (χ4v) is 2.89. The van der Waals surface area contributed by atoms with Gasteiger partial charge in [0.2, 0.25) is 0 Å². The Kier molecular flexibility index (Phi) is 3.29. The highest BCUT2D eigenvalue weighted by atomic mass is 16.6. The zero-order valence-corrected chi connectivity index (χ0v) is 10.7. The number of rotatable bonds is 3. The van der Waals surface area contributed by atoms with E-state index in [1.165, 1.54) is 0 Å². The molecule has 1 aromatic rings. The van der Waals surface area contributed by atoms with Gasteiger partial charge in [-0.15, -0.1) is 0 Å². The van der Waals surface area contributed by atoms with Gasteiger partial charge >= 0.3 is 6.09 Å². The van der Waals surface area contributed by atoms with E-state index < -0.39 is 0 Å². The Bertz CT molecular complexity index is 472. The van der Waals surface area contributed by atoms with Crippen LogP contribution in [0.5, 0.6) is 5.75 Å². The van der Waals surface area contributed by atoms with Crippen LogP contribution in [-0.2, 0) is 11.3 Å². The molecule has 0 radical (unpaired) electrons. The van der Waals surface area contributed by atoms with Crippen LogP contribution in [0.4, 0.5) is 4.79 Å². The normalized spacial score (nSPS) is 26.7. The van der Waals surface area contributed by atoms with Crippen LogP contribution >= 0.6 is 0 Å². The summed E-state index contributed by atoms with van der Waals surface area (Å²) in [6.07, 6.45) is 0.831. The summed E-state index contributed by atoms with van der Waals surface area (Å²) in [4.78, 5) is 13.6. The minimum atomic E-state index is -0.250. The SMILES string of the molecule is O=C1OCC(C2CCNC2)N1Cc1cccc(O)c1. The molecule has 19 heavy (non-hydrogen) atoms. The Labute approximate surface area is 112 Å². The van der Waals surface area contributed by atoms with Crippen molar-refractivity contribution < 1.29 is 14.6 Å². The first kappa shape index (κ1) is 12.3. The lowest BCUT2D eigenvalue weighted by Crippen LogP contribution is -2.39. The maximum Gasteiger partial charge on any atom is 0.410 e. The molecule has 0 saturated carbocycles. The number of benzene rings is 1. The van der Waals surface area contributed by atoms with Crippen molar-refractivity contribution in [3.8, 4) is 5.75 Å². The number of nitrogens with one attached hydrogen (secondary N) is 1. The van der Waals surface area contributed by atoms with Crippen LogP contribution < -0.4 is 5.32 Å². The second kappa shape index (κ2) is 5.09.